The summed E-state index contributed by atoms with van der Waals surface area (Å²) in [5.41, 5.74) is 2.69. The summed E-state index contributed by atoms with van der Waals surface area (Å²) < 4.78 is 9.56. The summed E-state index contributed by atoms with van der Waals surface area (Å²) in [7, 11) is 3.01. The lowest BCUT2D eigenvalue weighted by molar-refractivity contribution is -0.00536. The Hall–Kier alpha value is -0.520. The quantitative estimate of drug-likeness (QED) is 0.600. The number of rotatable bonds is 3. The van der Waals surface area contributed by atoms with Crippen LogP contribution < -0.4 is 5.48 Å². The number of ether oxygens (including phenoxy) is 2. The molecule has 15 heavy (non-hydrogen) atoms. The lowest BCUT2D eigenvalue weighted by Crippen LogP contribution is -2.36. The standard InChI is InChI=1S/C9H17NO4.ClH/c1-12-8-5-3-7(4-6-8)10-14-9(11)13-2;/h7-8,10H,3-6H2,1-2H3;1H/t7-,8-;. The second kappa shape index (κ2) is 7.73. The molecule has 0 radical (unpaired) electrons. The molecule has 1 aliphatic rings. The molecule has 0 aromatic heterocycles. The van der Waals surface area contributed by atoms with E-state index in [9.17, 15) is 4.79 Å². The van der Waals surface area contributed by atoms with Crippen molar-refractivity contribution in [2.45, 2.75) is 37.8 Å². The maximum atomic E-state index is 10.6. The van der Waals surface area contributed by atoms with Gasteiger partial charge in [-0.1, -0.05) is 0 Å². The number of carbonyl (C=O) groups is 1. The largest absolute Gasteiger partial charge is 0.527 e. The first-order valence-electron chi connectivity index (χ1n) is 4.79. The third-order valence-electron chi connectivity index (χ3n) is 2.48. The third kappa shape index (κ3) is 5.20. The smallest absolute Gasteiger partial charge is 0.436 e. The number of methoxy groups -OCH3 is 2. The Labute approximate surface area is 95.8 Å². The van der Waals surface area contributed by atoms with Crippen LogP contribution in [0.3, 0.4) is 0 Å². The molecule has 0 aliphatic heterocycles. The number of hydrogen-bond donors (Lipinski definition) is 1. The SMILES string of the molecule is COC(=O)ON[C@H]1CC[C@H](OC)CC1.Cl. The van der Waals surface area contributed by atoms with Crippen molar-refractivity contribution in [2.75, 3.05) is 14.2 Å². The molecule has 0 heterocycles. The van der Waals surface area contributed by atoms with E-state index < -0.39 is 6.16 Å². The van der Waals surface area contributed by atoms with Gasteiger partial charge in [-0.05, 0) is 25.7 Å². The molecule has 5 nitrogen and oxygen atoms in total. The summed E-state index contributed by atoms with van der Waals surface area (Å²) in [4.78, 5) is 15.3. The minimum atomic E-state index is -0.695. The van der Waals surface area contributed by atoms with Gasteiger partial charge in [-0.3, -0.25) is 0 Å². The highest BCUT2D eigenvalue weighted by molar-refractivity contribution is 5.85. The summed E-state index contributed by atoms with van der Waals surface area (Å²) in [6.45, 7) is 0. The fraction of sp³-hybridized carbons (Fsp3) is 0.889. The molecule has 1 N–H and O–H groups in total. The Morgan fingerprint density at radius 1 is 1.20 bits per heavy atom. The monoisotopic (exact) mass is 239 g/mol. The molecule has 1 aliphatic carbocycles. The summed E-state index contributed by atoms with van der Waals surface area (Å²) in [5, 5.41) is 0. The number of nitrogens with one attached hydrogen (secondary N) is 1. The van der Waals surface area contributed by atoms with Crippen LogP contribution in [-0.2, 0) is 14.3 Å². The van der Waals surface area contributed by atoms with Crippen LogP contribution in [-0.4, -0.2) is 32.5 Å². The van der Waals surface area contributed by atoms with Crippen LogP contribution in [0.2, 0.25) is 0 Å². The van der Waals surface area contributed by atoms with Gasteiger partial charge in [0.1, 0.15) is 0 Å². The summed E-state index contributed by atoms with van der Waals surface area (Å²) >= 11 is 0. The average Bonchev–Trinajstić information content (AvgIpc) is 2.26. The van der Waals surface area contributed by atoms with E-state index in [1.807, 2.05) is 0 Å². The van der Waals surface area contributed by atoms with E-state index in [1.165, 1.54) is 7.11 Å². The van der Waals surface area contributed by atoms with Gasteiger partial charge >= 0.3 is 6.16 Å². The highest BCUT2D eigenvalue weighted by atomic mass is 35.5. The van der Waals surface area contributed by atoms with Crippen molar-refractivity contribution in [3.05, 3.63) is 0 Å². The van der Waals surface area contributed by atoms with Gasteiger partial charge in [0.05, 0.1) is 13.2 Å². The lowest BCUT2D eigenvalue weighted by Gasteiger charge is -2.27. The minimum Gasteiger partial charge on any atom is -0.436 e. The molecule has 1 rings (SSSR count). The normalized spacial score (nSPS) is 25.2. The molecule has 1 fully saturated rings. The first-order chi connectivity index (χ1) is 6.76. The van der Waals surface area contributed by atoms with E-state index in [2.05, 4.69) is 15.1 Å². The van der Waals surface area contributed by atoms with Crippen molar-refractivity contribution < 1.29 is 19.1 Å². The van der Waals surface area contributed by atoms with Crippen molar-refractivity contribution in [3.63, 3.8) is 0 Å². The number of halogens is 1. The molecule has 0 amide bonds. The van der Waals surface area contributed by atoms with E-state index in [1.54, 1.807) is 7.11 Å². The van der Waals surface area contributed by atoms with Crippen LogP contribution in [0.5, 0.6) is 0 Å². The summed E-state index contributed by atoms with van der Waals surface area (Å²) in [5.74, 6) is 0. The van der Waals surface area contributed by atoms with Gasteiger partial charge in [0, 0.05) is 13.2 Å². The molecule has 0 bridgehead atoms. The molecule has 0 unspecified atom stereocenters. The molecule has 0 spiro atoms. The zero-order chi connectivity index (χ0) is 10.4. The number of hydroxylamine groups is 1. The second-order valence-electron chi connectivity index (χ2n) is 3.38. The van der Waals surface area contributed by atoms with Crippen LogP contribution in [0.4, 0.5) is 4.79 Å². The summed E-state index contributed by atoms with van der Waals surface area (Å²) in [6, 6.07) is 0.223. The molecule has 6 heteroatoms. The van der Waals surface area contributed by atoms with Crippen molar-refractivity contribution in [1.82, 2.24) is 5.48 Å². The van der Waals surface area contributed by atoms with E-state index in [0.29, 0.717) is 6.10 Å². The molecular formula is C9H18ClNO4. The van der Waals surface area contributed by atoms with Gasteiger partial charge in [0.2, 0.25) is 0 Å². The zero-order valence-corrected chi connectivity index (χ0v) is 9.84. The topological polar surface area (TPSA) is 56.8 Å². The van der Waals surface area contributed by atoms with Gasteiger partial charge < -0.3 is 14.3 Å². The Morgan fingerprint density at radius 3 is 2.27 bits per heavy atom. The van der Waals surface area contributed by atoms with Crippen molar-refractivity contribution >= 4 is 18.6 Å². The van der Waals surface area contributed by atoms with Crippen LogP contribution in [0.15, 0.2) is 0 Å². The Balaban J connectivity index is 0.00000196. The average molecular weight is 240 g/mol. The lowest BCUT2D eigenvalue weighted by atomic mass is 9.94. The minimum absolute atomic E-state index is 0. The van der Waals surface area contributed by atoms with Crippen molar-refractivity contribution in [1.29, 1.82) is 0 Å². The van der Waals surface area contributed by atoms with Crippen LogP contribution >= 0.6 is 12.4 Å². The fourth-order valence-electron chi connectivity index (χ4n) is 1.59. The first-order valence-corrected chi connectivity index (χ1v) is 4.79. The van der Waals surface area contributed by atoms with E-state index in [0.717, 1.165) is 25.7 Å². The maximum absolute atomic E-state index is 10.6. The number of hydrogen-bond acceptors (Lipinski definition) is 5. The predicted molar refractivity (Wildman–Crippen MR) is 56.9 cm³/mol. The first kappa shape index (κ1) is 14.5. The zero-order valence-electron chi connectivity index (χ0n) is 9.02. The van der Waals surface area contributed by atoms with Gasteiger partial charge in [0.25, 0.3) is 0 Å². The molecule has 0 saturated heterocycles. The van der Waals surface area contributed by atoms with Gasteiger partial charge in [-0.2, -0.15) is 0 Å². The van der Waals surface area contributed by atoms with Crippen molar-refractivity contribution in [2.24, 2.45) is 0 Å². The Bertz CT molecular complexity index is 183. The molecule has 0 atom stereocenters. The van der Waals surface area contributed by atoms with Gasteiger partial charge in [-0.15, -0.1) is 17.9 Å². The highest BCUT2D eigenvalue weighted by Crippen LogP contribution is 2.20. The summed E-state index contributed by atoms with van der Waals surface area (Å²) in [6.07, 6.45) is 3.56. The Morgan fingerprint density at radius 2 is 1.80 bits per heavy atom. The molecule has 0 aromatic rings. The molecule has 0 aromatic carbocycles. The fourth-order valence-corrected chi connectivity index (χ4v) is 1.59. The molecule has 90 valence electrons. The maximum Gasteiger partial charge on any atom is 0.527 e. The number of carbonyl (C=O) groups excluding carboxylic acids is 1. The van der Waals surface area contributed by atoms with Gasteiger partial charge in [0.15, 0.2) is 0 Å². The second-order valence-corrected chi connectivity index (χ2v) is 3.38. The van der Waals surface area contributed by atoms with Crippen molar-refractivity contribution in [3.8, 4) is 0 Å². The Kier molecular flexibility index (Phi) is 7.46. The van der Waals surface area contributed by atoms with E-state index in [-0.39, 0.29) is 18.4 Å². The van der Waals surface area contributed by atoms with Gasteiger partial charge in [-0.25, -0.2) is 4.79 Å². The third-order valence-corrected chi connectivity index (χ3v) is 2.48. The van der Waals surface area contributed by atoms with E-state index in [4.69, 9.17) is 4.74 Å². The highest BCUT2D eigenvalue weighted by Gasteiger charge is 2.21. The molecular weight excluding hydrogens is 222 g/mol. The van der Waals surface area contributed by atoms with Crippen LogP contribution in [0.1, 0.15) is 25.7 Å². The van der Waals surface area contributed by atoms with Crippen LogP contribution in [0, 0.1) is 0 Å². The predicted octanol–water partition coefficient (Wildman–Crippen LogP) is 1.65. The molecule has 1 saturated carbocycles. The van der Waals surface area contributed by atoms with E-state index >= 15 is 0 Å². The van der Waals surface area contributed by atoms with Crippen LogP contribution in [0.25, 0.3) is 0 Å².